The van der Waals surface area contributed by atoms with Gasteiger partial charge in [0.25, 0.3) is 0 Å². The van der Waals surface area contributed by atoms with Crippen molar-refractivity contribution in [2.24, 2.45) is 5.41 Å². The third kappa shape index (κ3) is 3.00. The van der Waals surface area contributed by atoms with E-state index in [2.05, 4.69) is 0 Å². The van der Waals surface area contributed by atoms with E-state index in [-0.39, 0.29) is 6.42 Å². The second-order valence-corrected chi connectivity index (χ2v) is 6.15. The molecule has 0 aromatic heterocycles. The largest absolute Gasteiger partial charge is 0.460 e. The van der Waals surface area contributed by atoms with Gasteiger partial charge in [-0.25, -0.2) is 0 Å². The van der Waals surface area contributed by atoms with Crippen LogP contribution in [0.5, 0.6) is 0 Å². The van der Waals surface area contributed by atoms with Crippen LogP contribution in [-0.4, -0.2) is 29.6 Å². The monoisotopic (exact) mass is 354 g/mol. The fourth-order valence-electron chi connectivity index (χ4n) is 1.97. The molecule has 0 bridgehead atoms. The zero-order valence-electron chi connectivity index (χ0n) is 11.3. The summed E-state index contributed by atoms with van der Waals surface area (Å²) in [6.07, 6.45) is -7.40. The summed E-state index contributed by atoms with van der Waals surface area (Å²) in [5.74, 6) is -16.9. The van der Waals surface area contributed by atoms with Crippen LogP contribution < -0.4 is 0 Å². The minimum Gasteiger partial charge on any atom is -0.294 e. The van der Waals surface area contributed by atoms with Gasteiger partial charge in [-0.15, -0.1) is 0 Å². The number of ketones is 2. The number of rotatable bonds is 3. The zero-order valence-corrected chi connectivity index (χ0v) is 12.0. The second kappa shape index (κ2) is 5.21. The predicted molar refractivity (Wildman–Crippen MR) is 61.9 cm³/mol. The molecule has 0 amide bonds. The van der Waals surface area contributed by atoms with Gasteiger partial charge in [0.15, 0.2) is 5.78 Å². The van der Waals surface area contributed by atoms with Crippen molar-refractivity contribution in [1.82, 2.24) is 0 Å². The molecule has 0 aromatic carbocycles. The molecule has 1 rings (SSSR count). The molecule has 126 valence electrons. The van der Waals surface area contributed by atoms with E-state index in [9.17, 15) is 40.3 Å². The number of carbonyl (C=O) groups is 2. The van der Waals surface area contributed by atoms with Crippen LogP contribution in [-0.2, 0) is 9.59 Å². The average molecular weight is 355 g/mol. The highest BCUT2D eigenvalue weighted by molar-refractivity contribution is 6.38. The molecule has 0 saturated heterocycles. The van der Waals surface area contributed by atoms with Gasteiger partial charge in [0, 0.05) is 11.5 Å². The van der Waals surface area contributed by atoms with Crippen molar-refractivity contribution in [3.8, 4) is 0 Å². The Morgan fingerprint density at radius 3 is 1.86 bits per heavy atom. The fourth-order valence-corrected chi connectivity index (χ4v) is 2.53. The van der Waals surface area contributed by atoms with Crippen LogP contribution in [0.2, 0.25) is 0 Å². The molecule has 0 fully saturated rings. The Hall–Kier alpha value is -1.12. The van der Waals surface area contributed by atoms with E-state index in [4.69, 9.17) is 11.6 Å². The van der Waals surface area contributed by atoms with Crippen molar-refractivity contribution >= 4 is 23.2 Å². The molecule has 0 unspecified atom stereocenters. The number of Topliss-reactive ketones (excluding diaryl/α,β-unsaturated/α-hetero) is 2. The molecular formula is C12H10ClF7O2. The van der Waals surface area contributed by atoms with Gasteiger partial charge in [0.2, 0.25) is 5.78 Å². The summed E-state index contributed by atoms with van der Waals surface area (Å²) >= 11 is 5.51. The number of allylic oxidation sites excluding steroid dienone is 2. The Bertz CT molecular complexity index is 546. The Morgan fingerprint density at radius 1 is 1.05 bits per heavy atom. The lowest BCUT2D eigenvalue weighted by Crippen LogP contribution is -2.57. The Labute approximate surface area is 125 Å². The van der Waals surface area contributed by atoms with E-state index < -0.39 is 52.0 Å². The minimum atomic E-state index is -6.66. The third-order valence-corrected chi connectivity index (χ3v) is 3.41. The highest BCUT2D eigenvalue weighted by Crippen LogP contribution is 2.49. The quantitative estimate of drug-likeness (QED) is 0.560. The second-order valence-electron chi connectivity index (χ2n) is 5.70. The van der Waals surface area contributed by atoms with Gasteiger partial charge in [0.05, 0.1) is 5.57 Å². The minimum absolute atomic E-state index is 0.269. The van der Waals surface area contributed by atoms with E-state index >= 15 is 0 Å². The van der Waals surface area contributed by atoms with Gasteiger partial charge in [-0.2, -0.15) is 30.7 Å². The van der Waals surface area contributed by atoms with Crippen molar-refractivity contribution in [3.63, 3.8) is 0 Å². The number of halogens is 8. The van der Waals surface area contributed by atoms with Gasteiger partial charge in [-0.3, -0.25) is 9.59 Å². The first-order valence-electron chi connectivity index (χ1n) is 5.83. The highest BCUT2D eigenvalue weighted by atomic mass is 35.5. The maximum Gasteiger partial charge on any atom is 0.460 e. The lowest BCUT2D eigenvalue weighted by molar-refractivity contribution is -0.342. The smallest absolute Gasteiger partial charge is 0.294 e. The van der Waals surface area contributed by atoms with Crippen molar-refractivity contribution in [3.05, 3.63) is 10.6 Å². The lowest BCUT2D eigenvalue weighted by atomic mass is 9.76. The van der Waals surface area contributed by atoms with Gasteiger partial charge >= 0.3 is 18.0 Å². The van der Waals surface area contributed by atoms with Gasteiger partial charge in [-0.1, -0.05) is 25.4 Å². The average Bonchev–Trinajstić information content (AvgIpc) is 2.23. The van der Waals surface area contributed by atoms with E-state index in [1.807, 2.05) is 0 Å². The summed E-state index contributed by atoms with van der Waals surface area (Å²) in [4.78, 5) is 23.1. The molecule has 0 N–H and O–H groups in total. The van der Waals surface area contributed by atoms with Crippen LogP contribution >= 0.6 is 11.6 Å². The predicted octanol–water partition coefficient (Wildman–Crippen LogP) is 4.27. The molecule has 0 atom stereocenters. The normalized spacial score (nSPS) is 20.4. The van der Waals surface area contributed by atoms with E-state index in [1.54, 1.807) is 0 Å². The molecule has 22 heavy (non-hydrogen) atoms. The molecule has 0 spiro atoms. The van der Waals surface area contributed by atoms with Gasteiger partial charge in [0.1, 0.15) is 0 Å². The van der Waals surface area contributed by atoms with Crippen LogP contribution in [0.1, 0.15) is 26.7 Å². The maximum absolute atomic E-state index is 13.4. The number of hydrogen-bond donors (Lipinski definition) is 0. The summed E-state index contributed by atoms with van der Waals surface area (Å²) in [7, 11) is 0. The van der Waals surface area contributed by atoms with Crippen molar-refractivity contribution in [2.45, 2.75) is 44.7 Å². The third-order valence-electron chi connectivity index (χ3n) is 3.09. The van der Waals surface area contributed by atoms with E-state index in [1.165, 1.54) is 13.8 Å². The topological polar surface area (TPSA) is 34.1 Å². The van der Waals surface area contributed by atoms with Crippen LogP contribution in [0, 0.1) is 5.41 Å². The van der Waals surface area contributed by atoms with Crippen molar-refractivity contribution < 1.29 is 40.3 Å². The molecule has 0 heterocycles. The van der Waals surface area contributed by atoms with Crippen LogP contribution in [0.25, 0.3) is 0 Å². The summed E-state index contributed by atoms with van der Waals surface area (Å²) < 4.78 is 88.6. The van der Waals surface area contributed by atoms with Gasteiger partial charge in [-0.05, 0) is 11.8 Å². The molecule has 1 aliphatic carbocycles. The Morgan fingerprint density at radius 2 is 1.50 bits per heavy atom. The van der Waals surface area contributed by atoms with E-state index in [0.717, 1.165) is 0 Å². The van der Waals surface area contributed by atoms with Crippen LogP contribution in [0.4, 0.5) is 30.7 Å². The molecule has 2 nitrogen and oxygen atoms in total. The maximum atomic E-state index is 13.4. The molecule has 0 saturated carbocycles. The first kappa shape index (κ1) is 18.9. The lowest BCUT2D eigenvalue weighted by Gasteiger charge is -2.32. The Balaban J connectivity index is 3.34. The molecule has 0 radical (unpaired) electrons. The summed E-state index contributed by atoms with van der Waals surface area (Å²) in [5, 5.41) is -0.746. The number of carbonyl (C=O) groups excluding carboxylic acids is 2. The van der Waals surface area contributed by atoms with Crippen LogP contribution in [0.15, 0.2) is 10.6 Å². The summed E-state index contributed by atoms with van der Waals surface area (Å²) in [5.41, 5.74) is -2.31. The highest BCUT2D eigenvalue weighted by Gasteiger charge is 2.76. The zero-order chi connectivity index (χ0) is 17.7. The van der Waals surface area contributed by atoms with E-state index in [0.29, 0.717) is 0 Å². The SMILES string of the molecule is CC1(C)CC(=O)C(C(=O)C(F)(F)C(F)(F)C(F)(F)F)=C(Cl)C1. The fraction of sp³-hybridized carbons (Fsp3) is 0.667. The molecule has 0 aliphatic heterocycles. The molecule has 10 heteroatoms. The molecular weight excluding hydrogens is 345 g/mol. The standard InChI is InChI=1S/C12H10ClF7O2/c1-9(2)3-5(13)7(6(21)4-9)8(22)10(14,15)11(16,17)12(18,19)20/h3-4H2,1-2H3. The van der Waals surface area contributed by atoms with Crippen molar-refractivity contribution in [1.29, 1.82) is 0 Å². The first-order chi connectivity index (χ1) is 9.54. The Kier molecular flexibility index (Phi) is 4.48. The van der Waals surface area contributed by atoms with Gasteiger partial charge < -0.3 is 0 Å². The number of alkyl halides is 7. The van der Waals surface area contributed by atoms with Crippen LogP contribution in [0.3, 0.4) is 0 Å². The van der Waals surface area contributed by atoms with Crippen molar-refractivity contribution in [2.75, 3.05) is 0 Å². The molecule has 1 aliphatic rings. The molecule has 0 aromatic rings. The summed E-state index contributed by atoms with van der Waals surface area (Å²) in [6.45, 7) is 2.99. The first-order valence-corrected chi connectivity index (χ1v) is 6.21. The number of hydrogen-bond acceptors (Lipinski definition) is 2. The summed E-state index contributed by atoms with van der Waals surface area (Å²) in [6, 6.07) is 0.